The van der Waals surface area contributed by atoms with E-state index in [4.69, 9.17) is 15.7 Å². The summed E-state index contributed by atoms with van der Waals surface area (Å²) in [4.78, 5) is 14.3. The second-order valence-corrected chi connectivity index (χ2v) is 2.99. The van der Waals surface area contributed by atoms with E-state index in [9.17, 15) is 4.79 Å². The van der Waals surface area contributed by atoms with Gasteiger partial charge in [-0.15, -0.1) is 0 Å². The summed E-state index contributed by atoms with van der Waals surface area (Å²) in [5, 5.41) is 11.5. The van der Waals surface area contributed by atoms with Gasteiger partial charge < -0.3 is 15.8 Å². The van der Waals surface area contributed by atoms with Crippen molar-refractivity contribution < 1.29 is 9.53 Å². The molecule has 1 aromatic heterocycles. The molecule has 1 rings (SSSR count). The number of primary amides is 1. The molecule has 6 nitrogen and oxygen atoms in total. The number of hydrogen-bond acceptors (Lipinski definition) is 5. The summed E-state index contributed by atoms with van der Waals surface area (Å²) < 4.78 is 4.94. The second kappa shape index (κ2) is 6.37. The predicted octanol–water partition coefficient (Wildman–Crippen LogP) is -0.133. The quantitative estimate of drug-likeness (QED) is 0.650. The molecule has 0 unspecified atom stereocenters. The first-order valence-corrected chi connectivity index (χ1v) is 4.68. The highest BCUT2D eigenvalue weighted by molar-refractivity contribution is 5.74. The van der Waals surface area contributed by atoms with Crippen LogP contribution in [0.25, 0.3) is 0 Å². The first-order chi connectivity index (χ1) is 7.72. The highest BCUT2D eigenvalue weighted by Gasteiger charge is 1.96. The average molecular weight is 220 g/mol. The van der Waals surface area contributed by atoms with Crippen molar-refractivity contribution in [2.75, 3.05) is 25.1 Å². The van der Waals surface area contributed by atoms with Gasteiger partial charge in [0.1, 0.15) is 18.5 Å². The number of carbonyl (C=O) groups excluding carboxylic acids is 1. The number of nitrogens with zero attached hydrogens (tertiary/aromatic N) is 2. The van der Waals surface area contributed by atoms with Crippen LogP contribution in [-0.2, 0) is 9.53 Å². The highest BCUT2D eigenvalue weighted by Crippen LogP contribution is 2.02. The summed E-state index contributed by atoms with van der Waals surface area (Å²) >= 11 is 0. The smallest absolute Gasteiger partial charge is 0.243 e. The third-order valence-electron chi connectivity index (χ3n) is 1.69. The van der Waals surface area contributed by atoms with Crippen molar-refractivity contribution in [1.82, 2.24) is 4.98 Å². The van der Waals surface area contributed by atoms with Crippen LogP contribution in [-0.4, -0.2) is 30.6 Å². The molecule has 16 heavy (non-hydrogen) atoms. The minimum Gasteiger partial charge on any atom is -0.370 e. The summed E-state index contributed by atoms with van der Waals surface area (Å²) in [7, 11) is 0. The molecule has 0 spiro atoms. The molecule has 3 N–H and O–H groups in total. The third kappa shape index (κ3) is 4.39. The van der Waals surface area contributed by atoms with E-state index in [2.05, 4.69) is 10.3 Å². The van der Waals surface area contributed by atoms with E-state index < -0.39 is 5.91 Å². The summed E-state index contributed by atoms with van der Waals surface area (Å²) in [5.41, 5.74) is 5.40. The first kappa shape index (κ1) is 11.9. The van der Waals surface area contributed by atoms with Crippen LogP contribution in [0.1, 0.15) is 5.56 Å². The number of amides is 1. The summed E-state index contributed by atoms with van der Waals surface area (Å²) in [6.45, 7) is 0.805. The van der Waals surface area contributed by atoms with E-state index in [0.29, 0.717) is 24.5 Å². The zero-order valence-electron chi connectivity index (χ0n) is 8.64. The molecule has 0 aliphatic carbocycles. The molecule has 1 aromatic rings. The monoisotopic (exact) mass is 220 g/mol. The minimum atomic E-state index is -0.489. The van der Waals surface area contributed by atoms with Crippen LogP contribution in [0.15, 0.2) is 18.3 Å². The Labute approximate surface area is 93.0 Å². The van der Waals surface area contributed by atoms with Crippen LogP contribution in [0.5, 0.6) is 0 Å². The van der Waals surface area contributed by atoms with Crippen molar-refractivity contribution in [3.05, 3.63) is 23.9 Å². The molecule has 1 heterocycles. The van der Waals surface area contributed by atoms with Gasteiger partial charge in [0, 0.05) is 12.7 Å². The molecular formula is C10H12N4O2. The van der Waals surface area contributed by atoms with E-state index in [0.717, 1.165) is 0 Å². The van der Waals surface area contributed by atoms with Crippen molar-refractivity contribution in [3.8, 4) is 6.07 Å². The molecule has 1 amide bonds. The Morgan fingerprint density at radius 3 is 3.00 bits per heavy atom. The molecule has 0 aliphatic heterocycles. The number of carbonyl (C=O) groups is 1. The van der Waals surface area contributed by atoms with Crippen molar-refractivity contribution in [1.29, 1.82) is 5.26 Å². The van der Waals surface area contributed by atoms with Crippen molar-refractivity contribution in [3.63, 3.8) is 0 Å². The molecule has 0 aromatic carbocycles. The zero-order chi connectivity index (χ0) is 11.8. The number of nitriles is 1. The molecule has 0 bridgehead atoms. The lowest BCUT2D eigenvalue weighted by Crippen LogP contribution is -2.20. The van der Waals surface area contributed by atoms with Crippen LogP contribution in [0.2, 0.25) is 0 Å². The van der Waals surface area contributed by atoms with Gasteiger partial charge in [-0.3, -0.25) is 4.79 Å². The van der Waals surface area contributed by atoms with Gasteiger partial charge in [0.2, 0.25) is 5.91 Å². The van der Waals surface area contributed by atoms with Crippen molar-refractivity contribution in [2.24, 2.45) is 5.73 Å². The van der Waals surface area contributed by atoms with Gasteiger partial charge in [0.05, 0.1) is 12.2 Å². The predicted molar refractivity (Wildman–Crippen MR) is 57.5 cm³/mol. The Morgan fingerprint density at radius 2 is 2.44 bits per heavy atom. The van der Waals surface area contributed by atoms with E-state index in [1.165, 1.54) is 6.20 Å². The van der Waals surface area contributed by atoms with E-state index in [1.807, 2.05) is 6.07 Å². The van der Waals surface area contributed by atoms with Crippen LogP contribution in [0, 0.1) is 11.3 Å². The summed E-state index contributed by atoms with van der Waals surface area (Å²) in [5.74, 6) is 0.165. The lowest BCUT2D eigenvalue weighted by molar-refractivity contribution is -0.122. The van der Waals surface area contributed by atoms with Gasteiger partial charge in [-0.25, -0.2) is 4.98 Å². The highest BCUT2D eigenvalue weighted by atomic mass is 16.5. The fourth-order valence-electron chi connectivity index (χ4n) is 0.989. The number of aromatic nitrogens is 1. The minimum absolute atomic E-state index is 0.0809. The SMILES string of the molecule is N#Cc1ccc(NCCOCC(N)=O)nc1. The number of hydrogen-bond donors (Lipinski definition) is 2. The number of rotatable bonds is 6. The topological polar surface area (TPSA) is 101 Å². The van der Waals surface area contributed by atoms with Crippen LogP contribution < -0.4 is 11.1 Å². The van der Waals surface area contributed by atoms with Crippen LogP contribution in [0.3, 0.4) is 0 Å². The molecule has 0 aliphatic rings. The van der Waals surface area contributed by atoms with E-state index in [-0.39, 0.29) is 6.61 Å². The maximum absolute atomic E-state index is 10.3. The van der Waals surface area contributed by atoms with Gasteiger partial charge >= 0.3 is 0 Å². The molecule has 6 heteroatoms. The number of anilines is 1. The second-order valence-electron chi connectivity index (χ2n) is 2.99. The maximum Gasteiger partial charge on any atom is 0.243 e. The van der Waals surface area contributed by atoms with E-state index in [1.54, 1.807) is 12.1 Å². The molecule has 0 fully saturated rings. The largest absolute Gasteiger partial charge is 0.370 e. The lowest BCUT2D eigenvalue weighted by Gasteiger charge is -2.05. The van der Waals surface area contributed by atoms with E-state index >= 15 is 0 Å². The van der Waals surface area contributed by atoms with Crippen LogP contribution in [0.4, 0.5) is 5.82 Å². The molecule has 0 atom stereocenters. The van der Waals surface area contributed by atoms with Gasteiger partial charge in [0.15, 0.2) is 0 Å². The fourth-order valence-corrected chi connectivity index (χ4v) is 0.989. The lowest BCUT2D eigenvalue weighted by atomic mass is 10.3. The number of nitrogens with two attached hydrogens (primary N) is 1. The number of nitrogens with one attached hydrogen (secondary N) is 1. The number of ether oxygens (including phenoxy) is 1. The Balaban J connectivity index is 2.22. The normalized spacial score (nSPS) is 9.44. The Hall–Kier alpha value is -2.13. The molecule has 84 valence electrons. The average Bonchev–Trinajstić information content (AvgIpc) is 2.29. The Morgan fingerprint density at radius 1 is 1.62 bits per heavy atom. The first-order valence-electron chi connectivity index (χ1n) is 4.68. The maximum atomic E-state index is 10.3. The van der Waals surface area contributed by atoms with Gasteiger partial charge in [0.25, 0.3) is 0 Å². The third-order valence-corrected chi connectivity index (χ3v) is 1.69. The molecular weight excluding hydrogens is 208 g/mol. The Kier molecular flexibility index (Phi) is 4.76. The Bertz CT molecular complexity index is 383. The summed E-state index contributed by atoms with van der Waals surface area (Å²) in [6.07, 6.45) is 1.48. The van der Waals surface area contributed by atoms with Crippen LogP contribution >= 0.6 is 0 Å². The molecule has 0 radical (unpaired) electrons. The zero-order valence-corrected chi connectivity index (χ0v) is 8.64. The van der Waals surface area contributed by atoms with Gasteiger partial charge in [-0.1, -0.05) is 0 Å². The molecule has 0 saturated carbocycles. The van der Waals surface area contributed by atoms with Gasteiger partial charge in [-0.05, 0) is 12.1 Å². The van der Waals surface area contributed by atoms with Crippen molar-refractivity contribution in [2.45, 2.75) is 0 Å². The fraction of sp³-hybridized carbons (Fsp3) is 0.300. The van der Waals surface area contributed by atoms with Gasteiger partial charge in [-0.2, -0.15) is 5.26 Å². The van der Waals surface area contributed by atoms with Crippen molar-refractivity contribution >= 4 is 11.7 Å². The molecule has 0 saturated heterocycles. The standard InChI is InChI=1S/C10H12N4O2/c11-5-8-1-2-10(14-6-8)13-3-4-16-7-9(12)15/h1-2,6H,3-4,7H2,(H2,12,15)(H,13,14). The number of pyridine rings is 1. The summed E-state index contributed by atoms with van der Waals surface area (Å²) in [6, 6.07) is 5.34.